The van der Waals surface area contributed by atoms with Crippen LogP contribution in [0.5, 0.6) is 5.75 Å². The number of carbonyl (C=O) groups excluding carboxylic acids is 2. The molecule has 152 valence electrons. The molecular formula is C21H26O7. The third-order valence-electron chi connectivity index (χ3n) is 3.68. The molecule has 7 heteroatoms. The van der Waals surface area contributed by atoms with Crippen molar-refractivity contribution in [2.45, 2.75) is 13.8 Å². The smallest absolute Gasteiger partial charge is 0.345 e. The summed E-state index contributed by atoms with van der Waals surface area (Å²) in [7, 11) is 0. The number of hydrogen-bond acceptors (Lipinski definition) is 7. The van der Waals surface area contributed by atoms with Crippen LogP contribution in [0.1, 0.15) is 19.4 Å². The molecule has 1 heterocycles. The fraction of sp³-hybridized carbons (Fsp3) is 0.429. The number of rotatable bonds is 4. The van der Waals surface area contributed by atoms with Crippen molar-refractivity contribution < 1.29 is 33.3 Å². The van der Waals surface area contributed by atoms with Crippen molar-refractivity contribution in [2.75, 3.05) is 46.2 Å². The molecule has 0 aliphatic carbocycles. The van der Waals surface area contributed by atoms with E-state index in [9.17, 15) is 9.59 Å². The van der Waals surface area contributed by atoms with E-state index >= 15 is 0 Å². The SMILES string of the molecule is CC(C)=CCOc1ccccc1C=C1C(=O)OCCOCCOCCOC1=O. The number of para-hydroxylation sites is 1. The summed E-state index contributed by atoms with van der Waals surface area (Å²) in [6.45, 7) is 5.60. The fourth-order valence-electron chi connectivity index (χ4n) is 2.25. The molecule has 7 nitrogen and oxygen atoms in total. The Kier molecular flexibility index (Phi) is 9.24. The van der Waals surface area contributed by atoms with Crippen molar-refractivity contribution in [3.05, 3.63) is 47.1 Å². The van der Waals surface area contributed by atoms with E-state index in [0.717, 1.165) is 5.57 Å². The molecule has 1 aliphatic heterocycles. The van der Waals surface area contributed by atoms with Crippen molar-refractivity contribution >= 4 is 18.0 Å². The lowest BCUT2D eigenvalue weighted by Gasteiger charge is -2.11. The Morgan fingerprint density at radius 3 is 2.11 bits per heavy atom. The lowest BCUT2D eigenvalue weighted by atomic mass is 10.1. The van der Waals surface area contributed by atoms with Crippen molar-refractivity contribution in [2.24, 2.45) is 0 Å². The summed E-state index contributed by atoms with van der Waals surface area (Å²) in [4.78, 5) is 24.8. The van der Waals surface area contributed by atoms with Crippen molar-refractivity contribution in [1.29, 1.82) is 0 Å². The first kappa shape index (κ1) is 21.7. The van der Waals surface area contributed by atoms with E-state index in [1.807, 2.05) is 26.0 Å². The molecular weight excluding hydrogens is 364 g/mol. The number of cyclic esters (lactones) is 2. The van der Waals surface area contributed by atoms with Crippen LogP contribution in [-0.4, -0.2) is 58.2 Å². The van der Waals surface area contributed by atoms with E-state index in [0.29, 0.717) is 31.1 Å². The summed E-state index contributed by atoms with van der Waals surface area (Å²) in [6.07, 6.45) is 3.36. The summed E-state index contributed by atoms with van der Waals surface area (Å²) in [5, 5.41) is 0. The maximum Gasteiger partial charge on any atom is 0.345 e. The maximum absolute atomic E-state index is 12.4. The van der Waals surface area contributed by atoms with Gasteiger partial charge in [0, 0.05) is 5.56 Å². The summed E-state index contributed by atoms with van der Waals surface area (Å²) >= 11 is 0. The van der Waals surface area contributed by atoms with Crippen LogP contribution in [0.4, 0.5) is 0 Å². The minimum absolute atomic E-state index is 0.0299. The molecule has 0 radical (unpaired) electrons. The summed E-state index contributed by atoms with van der Waals surface area (Å²) < 4.78 is 26.6. The van der Waals surface area contributed by atoms with Crippen LogP contribution in [0.25, 0.3) is 6.08 Å². The predicted molar refractivity (Wildman–Crippen MR) is 103 cm³/mol. The molecule has 28 heavy (non-hydrogen) atoms. The van der Waals surface area contributed by atoms with Gasteiger partial charge in [-0.1, -0.05) is 23.8 Å². The van der Waals surface area contributed by atoms with Gasteiger partial charge in [0.2, 0.25) is 0 Å². The minimum Gasteiger partial charge on any atom is -0.489 e. The monoisotopic (exact) mass is 390 g/mol. The highest BCUT2D eigenvalue weighted by molar-refractivity contribution is 6.17. The Hall–Kier alpha value is -2.64. The molecule has 0 unspecified atom stereocenters. The van der Waals surface area contributed by atoms with E-state index in [4.69, 9.17) is 23.7 Å². The van der Waals surface area contributed by atoms with E-state index in [2.05, 4.69) is 0 Å². The van der Waals surface area contributed by atoms with E-state index in [1.165, 1.54) is 6.08 Å². The standard InChI is InChI=1S/C21H26O7/c1-16(2)7-8-26-19-6-4-3-5-17(19)15-18-20(22)27-13-11-24-9-10-25-12-14-28-21(18)23/h3-7,15H,8-14H2,1-2H3. The van der Waals surface area contributed by atoms with Gasteiger partial charge < -0.3 is 23.7 Å². The molecule has 0 spiro atoms. The average Bonchev–Trinajstić information content (AvgIpc) is 2.68. The van der Waals surface area contributed by atoms with Crippen LogP contribution >= 0.6 is 0 Å². The molecule has 1 saturated heterocycles. The first-order valence-corrected chi connectivity index (χ1v) is 9.14. The largest absolute Gasteiger partial charge is 0.489 e. The van der Waals surface area contributed by atoms with Crippen molar-refractivity contribution in [3.8, 4) is 5.75 Å². The zero-order valence-corrected chi connectivity index (χ0v) is 16.3. The quantitative estimate of drug-likeness (QED) is 0.338. The van der Waals surface area contributed by atoms with Crippen LogP contribution in [0.2, 0.25) is 0 Å². The number of benzene rings is 1. The highest BCUT2D eigenvalue weighted by Gasteiger charge is 2.22. The van der Waals surface area contributed by atoms with Crippen molar-refractivity contribution in [1.82, 2.24) is 0 Å². The summed E-state index contributed by atoms with van der Waals surface area (Å²) in [6, 6.07) is 7.12. The molecule has 0 bridgehead atoms. The number of esters is 2. The molecule has 0 saturated carbocycles. The van der Waals surface area contributed by atoms with Crippen LogP contribution < -0.4 is 4.74 Å². The summed E-state index contributed by atoms with van der Waals surface area (Å²) in [5.41, 5.74) is 1.49. The van der Waals surface area contributed by atoms with E-state index < -0.39 is 11.9 Å². The second-order valence-electron chi connectivity index (χ2n) is 6.18. The third-order valence-corrected chi connectivity index (χ3v) is 3.68. The Bertz CT molecular complexity index is 691. The van der Waals surface area contributed by atoms with Crippen LogP contribution in [0.15, 0.2) is 41.5 Å². The number of hydrogen-bond donors (Lipinski definition) is 0. The molecule has 1 aromatic carbocycles. The topological polar surface area (TPSA) is 80.3 Å². The Labute approximate surface area is 164 Å². The van der Waals surface area contributed by atoms with Gasteiger partial charge in [0.1, 0.15) is 31.1 Å². The molecule has 0 N–H and O–H groups in total. The van der Waals surface area contributed by atoms with Crippen LogP contribution in [0, 0.1) is 0 Å². The van der Waals surface area contributed by atoms with Gasteiger partial charge in [0.15, 0.2) is 0 Å². The first-order valence-electron chi connectivity index (χ1n) is 9.14. The van der Waals surface area contributed by atoms with Crippen molar-refractivity contribution in [3.63, 3.8) is 0 Å². The lowest BCUT2D eigenvalue weighted by molar-refractivity contribution is -0.147. The van der Waals surface area contributed by atoms with Gasteiger partial charge in [-0.25, -0.2) is 9.59 Å². The van der Waals surface area contributed by atoms with Gasteiger partial charge in [0.05, 0.1) is 26.4 Å². The average molecular weight is 390 g/mol. The van der Waals surface area contributed by atoms with Crippen LogP contribution in [-0.2, 0) is 28.5 Å². The number of ether oxygens (including phenoxy) is 5. The third kappa shape index (κ3) is 7.54. The minimum atomic E-state index is -0.770. The Morgan fingerprint density at radius 2 is 1.50 bits per heavy atom. The Balaban J connectivity index is 2.23. The zero-order valence-electron chi connectivity index (χ0n) is 16.3. The first-order chi connectivity index (χ1) is 13.6. The van der Waals surface area contributed by atoms with Crippen LogP contribution in [0.3, 0.4) is 0 Å². The van der Waals surface area contributed by atoms with E-state index in [-0.39, 0.29) is 32.0 Å². The van der Waals surface area contributed by atoms with E-state index in [1.54, 1.807) is 18.2 Å². The lowest BCUT2D eigenvalue weighted by Crippen LogP contribution is -2.21. The molecule has 1 aromatic rings. The highest BCUT2D eigenvalue weighted by Crippen LogP contribution is 2.22. The second kappa shape index (κ2) is 11.9. The number of allylic oxidation sites excluding steroid dienone is 1. The number of carbonyl (C=O) groups is 2. The highest BCUT2D eigenvalue weighted by atomic mass is 16.6. The molecule has 1 aliphatic rings. The molecule has 1 fully saturated rings. The van der Waals surface area contributed by atoms with Gasteiger partial charge >= 0.3 is 11.9 Å². The fourth-order valence-corrected chi connectivity index (χ4v) is 2.25. The predicted octanol–water partition coefficient (Wildman–Crippen LogP) is 2.55. The van der Waals surface area contributed by atoms with Gasteiger partial charge in [-0.2, -0.15) is 0 Å². The normalized spacial score (nSPS) is 16.6. The molecule has 2 rings (SSSR count). The molecule has 0 atom stereocenters. The maximum atomic E-state index is 12.4. The van der Waals surface area contributed by atoms with Gasteiger partial charge in [-0.15, -0.1) is 0 Å². The Morgan fingerprint density at radius 1 is 0.929 bits per heavy atom. The molecule has 0 amide bonds. The van der Waals surface area contributed by atoms with Gasteiger partial charge in [0.25, 0.3) is 0 Å². The summed E-state index contributed by atoms with van der Waals surface area (Å²) in [5.74, 6) is -0.997. The molecule has 0 aromatic heterocycles. The second-order valence-corrected chi connectivity index (χ2v) is 6.18. The van der Waals surface area contributed by atoms with Gasteiger partial charge in [-0.3, -0.25) is 0 Å². The van der Waals surface area contributed by atoms with Gasteiger partial charge in [-0.05, 0) is 32.1 Å². The zero-order chi connectivity index (χ0) is 20.2.